The summed E-state index contributed by atoms with van der Waals surface area (Å²) in [5.74, 6) is 1.23. The van der Waals surface area contributed by atoms with Crippen LogP contribution < -0.4 is 0 Å². The van der Waals surface area contributed by atoms with Gasteiger partial charge in [0.15, 0.2) is 0 Å². The van der Waals surface area contributed by atoms with Gasteiger partial charge in [-0.15, -0.1) is 0 Å². The Morgan fingerprint density at radius 1 is 1.00 bits per heavy atom. The highest BCUT2D eigenvalue weighted by Crippen LogP contribution is 2.45. The van der Waals surface area contributed by atoms with Gasteiger partial charge in [-0.1, -0.05) is 42.0 Å². The number of hydrogen-bond donors (Lipinski definition) is 3. The maximum absolute atomic E-state index is 11.1. The topological polar surface area (TPSA) is 63.9 Å². The monoisotopic (exact) mass is 367 g/mol. The second kappa shape index (κ2) is 7.27. The smallest absolute Gasteiger partial charge is 0.115 e. The van der Waals surface area contributed by atoms with Crippen LogP contribution in [0.15, 0.2) is 48.5 Å². The Kier molecular flexibility index (Phi) is 4.97. The Morgan fingerprint density at radius 2 is 1.59 bits per heavy atom. The third-order valence-electron chi connectivity index (χ3n) is 6.30. The molecule has 2 aliphatic rings. The van der Waals surface area contributed by atoms with Gasteiger partial charge in [-0.3, -0.25) is 4.90 Å². The SMILES string of the molecule is Cc1ccc(C[C@]2(O)C[C@H]3CN(CC(O)c4ccc(O)cc4)C[C@H]3C2)cc1. The number of fused-ring (bicyclic) bond motifs is 1. The summed E-state index contributed by atoms with van der Waals surface area (Å²) in [6.45, 7) is 4.57. The van der Waals surface area contributed by atoms with Gasteiger partial charge < -0.3 is 15.3 Å². The first-order valence-corrected chi connectivity index (χ1v) is 9.87. The summed E-state index contributed by atoms with van der Waals surface area (Å²) in [5.41, 5.74) is 2.70. The molecule has 144 valence electrons. The number of phenolic OH excluding ortho intramolecular Hbond substituents is 1. The molecule has 1 aliphatic heterocycles. The van der Waals surface area contributed by atoms with E-state index in [-0.39, 0.29) is 5.75 Å². The van der Waals surface area contributed by atoms with E-state index in [1.165, 1.54) is 11.1 Å². The molecule has 3 N–H and O–H groups in total. The molecular formula is C23H29NO3. The molecule has 0 amide bonds. The van der Waals surface area contributed by atoms with Gasteiger partial charge >= 0.3 is 0 Å². The van der Waals surface area contributed by atoms with Crippen LogP contribution in [0, 0.1) is 18.8 Å². The summed E-state index contributed by atoms with van der Waals surface area (Å²) < 4.78 is 0. The van der Waals surface area contributed by atoms with Crippen molar-refractivity contribution in [3.63, 3.8) is 0 Å². The van der Waals surface area contributed by atoms with Gasteiger partial charge in [0.05, 0.1) is 11.7 Å². The third-order valence-corrected chi connectivity index (χ3v) is 6.30. The molecule has 0 aromatic heterocycles. The molecule has 1 aliphatic carbocycles. The molecule has 1 saturated heterocycles. The zero-order chi connectivity index (χ0) is 19.0. The van der Waals surface area contributed by atoms with Gasteiger partial charge in [0.1, 0.15) is 5.75 Å². The minimum Gasteiger partial charge on any atom is -0.508 e. The molecular weight excluding hydrogens is 338 g/mol. The van der Waals surface area contributed by atoms with E-state index in [1.807, 2.05) is 0 Å². The third kappa shape index (κ3) is 4.18. The average molecular weight is 367 g/mol. The second-order valence-electron chi connectivity index (χ2n) is 8.64. The van der Waals surface area contributed by atoms with Crippen LogP contribution in [0.2, 0.25) is 0 Å². The van der Waals surface area contributed by atoms with Gasteiger partial charge in [0, 0.05) is 26.1 Å². The van der Waals surface area contributed by atoms with Gasteiger partial charge in [-0.05, 0) is 54.9 Å². The molecule has 2 aromatic rings. The molecule has 4 heteroatoms. The minimum atomic E-state index is -0.591. The summed E-state index contributed by atoms with van der Waals surface area (Å²) in [6, 6.07) is 15.3. The summed E-state index contributed by atoms with van der Waals surface area (Å²) in [4.78, 5) is 2.32. The number of benzene rings is 2. The lowest BCUT2D eigenvalue weighted by atomic mass is 9.91. The van der Waals surface area contributed by atoms with Gasteiger partial charge in [0.25, 0.3) is 0 Å². The first kappa shape index (κ1) is 18.5. The van der Waals surface area contributed by atoms with Gasteiger partial charge in [0.2, 0.25) is 0 Å². The van der Waals surface area contributed by atoms with Crippen molar-refractivity contribution in [2.24, 2.45) is 11.8 Å². The standard InChI is InChI=1S/C23H29NO3/c1-16-2-4-17(5-3-16)10-23(27)11-19-13-24(14-20(19)12-23)15-22(26)18-6-8-21(25)9-7-18/h2-9,19-20,22,25-27H,10-15H2,1H3/t19-,20+,22?,23-. The first-order valence-electron chi connectivity index (χ1n) is 9.87. The zero-order valence-corrected chi connectivity index (χ0v) is 15.9. The van der Waals surface area contributed by atoms with Crippen molar-refractivity contribution in [3.8, 4) is 5.75 Å². The van der Waals surface area contributed by atoms with E-state index >= 15 is 0 Å². The van der Waals surface area contributed by atoms with E-state index in [1.54, 1.807) is 24.3 Å². The molecule has 1 unspecified atom stereocenters. The molecule has 0 spiro atoms. The number of rotatable bonds is 5. The van der Waals surface area contributed by atoms with E-state index in [9.17, 15) is 15.3 Å². The number of likely N-dealkylation sites (tertiary alicyclic amines) is 1. The number of aliphatic hydroxyl groups excluding tert-OH is 1. The van der Waals surface area contributed by atoms with Crippen LogP contribution in [0.25, 0.3) is 0 Å². The van der Waals surface area contributed by atoms with E-state index in [0.29, 0.717) is 18.4 Å². The van der Waals surface area contributed by atoms with Crippen LogP contribution in [0.3, 0.4) is 0 Å². The molecule has 4 atom stereocenters. The van der Waals surface area contributed by atoms with Gasteiger partial charge in [-0.2, -0.15) is 0 Å². The van der Waals surface area contributed by atoms with Crippen molar-refractivity contribution >= 4 is 0 Å². The second-order valence-corrected chi connectivity index (χ2v) is 8.64. The quantitative estimate of drug-likeness (QED) is 0.760. The largest absolute Gasteiger partial charge is 0.508 e. The molecule has 4 rings (SSSR count). The van der Waals surface area contributed by atoms with Crippen LogP contribution in [0.1, 0.15) is 35.6 Å². The Morgan fingerprint density at radius 3 is 2.19 bits per heavy atom. The highest BCUT2D eigenvalue weighted by molar-refractivity contribution is 5.27. The Hall–Kier alpha value is -1.88. The number of hydrogen-bond acceptors (Lipinski definition) is 4. The lowest BCUT2D eigenvalue weighted by Gasteiger charge is -2.27. The predicted molar refractivity (Wildman–Crippen MR) is 106 cm³/mol. The van der Waals surface area contributed by atoms with E-state index in [0.717, 1.165) is 37.9 Å². The molecule has 1 saturated carbocycles. The molecule has 27 heavy (non-hydrogen) atoms. The number of aromatic hydroxyl groups is 1. The average Bonchev–Trinajstić information content (AvgIpc) is 3.11. The minimum absolute atomic E-state index is 0.217. The summed E-state index contributed by atoms with van der Waals surface area (Å²) in [5, 5.41) is 31.0. The number of aryl methyl sites for hydroxylation is 1. The van der Waals surface area contributed by atoms with Crippen LogP contribution in [-0.2, 0) is 6.42 Å². The lowest BCUT2D eigenvalue weighted by molar-refractivity contribution is 0.0328. The van der Waals surface area contributed by atoms with Crippen LogP contribution in [-0.4, -0.2) is 45.5 Å². The normalized spacial score (nSPS) is 29.0. The fraction of sp³-hybridized carbons (Fsp3) is 0.478. The highest BCUT2D eigenvalue weighted by Gasteiger charge is 2.48. The zero-order valence-electron chi connectivity index (χ0n) is 15.9. The fourth-order valence-corrected chi connectivity index (χ4v) is 4.98. The fourth-order valence-electron chi connectivity index (χ4n) is 4.98. The van der Waals surface area contributed by atoms with Crippen molar-refractivity contribution < 1.29 is 15.3 Å². The molecule has 4 nitrogen and oxygen atoms in total. The first-order chi connectivity index (χ1) is 12.9. The maximum Gasteiger partial charge on any atom is 0.115 e. The molecule has 1 heterocycles. The van der Waals surface area contributed by atoms with Crippen molar-refractivity contribution in [1.82, 2.24) is 4.90 Å². The van der Waals surface area contributed by atoms with Crippen molar-refractivity contribution in [3.05, 3.63) is 65.2 Å². The predicted octanol–water partition coefficient (Wildman–Crippen LogP) is 3.05. The lowest BCUT2D eigenvalue weighted by Crippen LogP contribution is -2.33. The van der Waals surface area contributed by atoms with Crippen molar-refractivity contribution in [2.45, 2.75) is 37.9 Å². The molecule has 0 radical (unpaired) electrons. The number of nitrogens with zero attached hydrogens (tertiary/aromatic N) is 1. The summed E-state index contributed by atoms with van der Waals surface area (Å²) in [7, 11) is 0. The van der Waals surface area contributed by atoms with Crippen LogP contribution in [0.5, 0.6) is 5.75 Å². The maximum atomic E-state index is 11.1. The Bertz CT molecular complexity index is 757. The Balaban J connectivity index is 1.32. The molecule has 2 fully saturated rings. The van der Waals surface area contributed by atoms with Crippen molar-refractivity contribution in [2.75, 3.05) is 19.6 Å². The van der Waals surface area contributed by atoms with E-state index in [4.69, 9.17) is 0 Å². The van der Waals surface area contributed by atoms with E-state index in [2.05, 4.69) is 36.1 Å². The number of aliphatic hydroxyl groups is 2. The molecule has 0 bridgehead atoms. The number of β-amino-alcohol motifs (C(OH)–C–C–N with tert-alkyl or cyclic N) is 1. The Labute approximate surface area is 161 Å². The van der Waals surface area contributed by atoms with Crippen molar-refractivity contribution in [1.29, 1.82) is 0 Å². The summed E-state index contributed by atoms with van der Waals surface area (Å²) in [6.07, 6.45) is 1.88. The van der Waals surface area contributed by atoms with E-state index < -0.39 is 11.7 Å². The van der Waals surface area contributed by atoms with Gasteiger partial charge in [-0.25, -0.2) is 0 Å². The highest BCUT2D eigenvalue weighted by atomic mass is 16.3. The summed E-state index contributed by atoms with van der Waals surface area (Å²) >= 11 is 0. The van der Waals surface area contributed by atoms with Crippen LogP contribution >= 0.6 is 0 Å². The number of phenols is 1. The van der Waals surface area contributed by atoms with Crippen LogP contribution in [0.4, 0.5) is 0 Å². The molecule has 2 aromatic carbocycles.